The van der Waals surface area contributed by atoms with Crippen molar-refractivity contribution in [1.29, 1.82) is 0 Å². The second-order valence-electron chi connectivity index (χ2n) is 7.43. The van der Waals surface area contributed by atoms with Crippen LogP contribution in [0.1, 0.15) is 28.4 Å². The van der Waals surface area contributed by atoms with Crippen molar-refractivity contribution >= 4 is 11.7 Å². The Hall–Kier alpha value is -4.02. The quantitative estimate of drug-likeness (QED) is 0.482. The molecule has 0 saturated heterocycles. The van der Waals surface area contributed by atoms with Crippen molar-refractivity contribution in [1.82, 2.24) is 9.78 Å². The normalized spacial score (nSPS) is 12.1. The van der Waals surface area contributed by atoms with Crippen molar-refractivity contribution in [3.63, 3.8) is 0 Å². The highest BCUT2D eigenvalue weighted by Gasteiger charge is 2.38. The zero-order valence-electron chi connectivity index (χ0n) is 18.3. The number of nitrogens with one attached hydrogen (secondary N) is 1. The van der Waals surface area contributed by atoms with Crippen LogP contribution in [-0.2, 0) is 12.7 Å². The predicted octanol–water partition coefficient (Wildman–Crippen LogP) is 3.90. The number of aromatic carboxylic acids is 1. The molecule has 1 atom stereocenters. The highest BCUT2D eigenvalue weighted by molar-refractivity contribution is 5.88. The molecular weight excluding hydrogens is 455 g/mol. The van der Waals surface area contributed by atoms with Gasteiger partial charge in [-0.15, -0.1) is 0 Å². The number of aromatic nitrogens is 2. The molecule has 0 aliphatic carbocycles. The van der Waals surface area contributed by atoms with Gasteiger partial charge >= 0.3 is 12.1 Å². The zero-order valence-corrected chi connectivity index (χ0v) is 18.3. The Morgan fingerprint density at radius 2 is 1.88 bits per heavy atom. The van der Waals surface area contributed by atoms with Gasteiger partial charge in [-0.2, -0.15) is 18.3 Å². The number of carboxylic acid groups (broad SMARTS) is 1. The van der Waals surface area contributed by atoms with E-state index in [-0.39, 0.29) is 24.5 Å². The molecule has 0 bridgehead atoms. The van der Waals surface area contributed by atoms with Gasteiger partial charge in [0.25, 0.3) is 5.56 Å². The summed E-state index contributed by atoms with van der Waals surface area (Å²) >= 11 is 0. The summed E-state index contributed by atoms with van der Waals surface area (Å²) in [6, 6.07) is 11.6. The fourth-order valence-electron chi connectivity index (χ4n) is 3.14. The predicted molar refractivity (Wildman–Crippen MR) is 118 cm³/mol. The second kappa shape index (κ2) is 10.3. The van der Waals surface area contributed by atoms with Crippen molar-refractivity contribution in [2.75, 3.05) is 19.0 Å². The van der Waals surface area contributed by atoms with E-state index in [9.17, 15) is 22.8 Å². The Bertz CT molecular complexity index is 1210. The minimum atomic E-state index is -4.92. The van der Waals surface area contributed by atoms with Gasteiger partial charge in [-0.25, -0.2) is 9.48 Å². The first-order valence-corrected chi connectivity index (χ1v) is 10.1. The number of hydrogen-bond donors (Lipinski definition) is 2. The monoisotopic (exact) mass is 477 g/mol. The maximum absolute atomic E-state index is 13.8. The third-order valence-electron chi connectivity index (χ3n) is 4.80. The SMILES string of the molecule is COc1ccc(Cn2ncc(N[C@@H](C)COc3cccc(C(=O)O)c3)c(C(F)(F)F)c2=O)cc1. The standard InChI is InChI=1S/C23H22F3N3O5/c1-14(13-34-18-5-3-4-16(10-18)22(31)32)28-19-11-27-29(21(30)20(19)23(24,25)26)12-15-6-8-17(33-2)9-7-15/h3-11,14,28H,12-13H2,1-2H3,(H,31,32)/t14-/m0/s1. The van der Waals surface area contributed by atoms with Crippen molar-refractivity contribution in [2.24, 2.45) is 0 Å². The first-order chi connectivity index (χ1) is 16.1. The number of halogens is 3. The lowest BCUT2D eigenvalue weighted by atomic mass is 10.2. The van der Waals surface area contributed by atoms with Gasteiger partial charge in [0.05, 0.1) is 37.1 Å². The number of hydrogen-bond acceptors (Lipinski definition) is 6. The van der Waals surface area contributed by atoms with E-state index in [2.05, 4.69) is 10.4 Å². The number of methoxy groups -OCH3 is 1. The fourth-order valence-corrected chi connectivity index (χ4v) is 3.14. The molecule has 0 spiro atoms. The summed E-state index contributed by atoms with van der Waals surface area (Å²) in [4.78, 5) is 23.7. The number of rotatable bonds is 9. The highest BCUT2D eigenvalue weighted by atomic mass is 19.4. The number of carbonyl (C=O) groups is 1. The lowest BCUT2D eigenvalue weighted by molar-refractivity contribution is -0.138. The summed E-state index contributed by atoms with van der Waals surface area (Å²) in [5.41, 5.74) is -2.53. The number of alkyl halides is 3. The fraction of sp³-hybridized carbons (Fsp3) is 0.261. The van der Waals surface area contributed by atoms with Gasteiger partial charge in [0.15, 0.2) is 0 Å². The molecule has 2 aromatic carbocycles. The van der Waals surface area contributed by atoms with E-state index in [4.69, 9.17) is 14.6 Å². The molecule has 0 saturated carbocycles. The summed E-state index contributed by atoms with van der Waals surface area (Å²) in [6.45, 7) is 1.32. The summed E-state index contributed by atoms with van der Waals surface area (Å²) in [5, 5.41) is 15.5. The molecular formula is C23H22F3N3O5. The van der Waals surface area contributed by atoms with Crippen LogP contribution in [0.5, 0.6) is 11.5 Å². The van der Waals surface area contributed by atoms with Crippen LogP contribution in [0.4, 0.5) is 18.9 Å². The molecule has 1 aromatic heterocycles. The van der Waals surface area contributed by atoms with Gasteiger partial charge in [-0.1, -0.05) is 18.2 Å². The van der Waals surface area contributed by atoms with Crippen molar-refractivity contribution < 1.29 is 32.5 Å². The van der Waals surface area contributed by atoms with Gasteiger partial charge in [0, 0.05) is 0 Å². The summed E-state index contributed by atoms with van der Waals surface area (Å²) in [7, 11) is 1.49. The van der Waals surface area contributed by atoms with Crippen LogP contribution in [0.2, 0.25) is 0 Å². The molecule has 0 radical (unpaired) electrons. The summed E-state index contributed by atoms with van der Waals surface area (Å²) < 4.78 is 52.6. The molecule has 180 valence electrons. The van der Waals surface area contributed by atoms with Crippen molar-refractivity contribution in [2.45, 2.75) is 25.7 Å². The van der Waals surface area contributed by atoms with Crippen LogP contribution in [0, 0.1) is 0 Å². The molecule has 2 N–H and O–H groups in total. The molecule has 3 aromatic rings. The largest absolute Gasteiger partial charge is 0.497 e. The highest BCUT2D eigenvalue weighted by Crippen LogP contribution is 2.32. The summed E-state index contributed by atoms with van der Waals surface area (Å²) in [6.07, 6.45) is -3.96. The topological polar surface area (TPSA) is 103 Å². The van der Waals surface area contributed by atoms with E-state index in [0.29, 0.717) is 11.3 Å². The molecule has 11 heteroatoms. The third kappa shape index (κ3) is 6.06. The Morgan fingerprint density at radius 1 is 1.18 bits per heavy atom. The van der Waals surface area contributed by atoms with E-state index >= 15 is 0 Å². The second-order valence-corrected chi connectivity index (χ2v) is 7.43. The average molecular weight is 477 g/mol. The van der Waals surface area contributed by atoms with E-state index in [0.717, 1.165) is 10.9 Å². The molecule has 8 nitrogen and oxygen atoms in total. The number of ether oxygens (including phenoxy) is 2. The van der Waals surface area contributed by atoms with Crippen LogP contribution in [0.25, 0.3) is 0 Å². The van der Waals surface area contributed by atoms with Crippen LogP contribution in [0.15, 0.2) is 59.5 Å². The van der Waals surface area contributed by atoms with E-state index in [1.807, 2.05) is 0 Å². The molecule has 34 heavy (non-hydrogen) atoms. The Morgan fingerprint density at radius 3 is 2.50 bits per heavy atom. The number of nitrogens with zero attached hydrogens (tertiary/aromatic N) is 2. The van der Waals surface area contributed by atoms with Crippen LogP contribution < -0.4 is 20.3 Å². The van der Waals surface area contributed by atoms with Gasteiger partial charge < -0.3 is 19.9 Å². The minimum absolute atomic E-state index is 0.0159. The number of anilines is 1. The summed E-state index contributed by atoms with van der Waals surface area (Å²) in [5.74, 6) is -0.309. The lowest BCUT2D eigenvalue weighted by Crippen LogP contribution is -2.34. The minimum Gasteiger partial charge on any atom is -0.497 e. The zero-order chi connectivity index (χ0) is 24.9. The van der Waals surface area contributed by atoms with Crippen LogP contribution >= 0.6 is 0 Å². The van der Waals surface area contributed by atoms with E-state index < -0.39 is 35.0 Å². The van der Waals surface area contributed by atoms with Gasteiger partial charge in [0.1, 0.15) is 23.7 Å². The van der Waals surface area contributed by atoms with Crippen LogP contribution in [0.3, 0.4) is 0 Å². The molecule has 0 aliphatic rings. The van der Waals surface area contributed by atoms with E-state index in [1.165, 1.54) is 31.4 Å². The Labute approximate surface area is 192 Å². The molecule has 0 fully saturated rings. The van der Waals surface area contributed by atoms with Gasteiger partial charge in [-0.05, 0) is 42.8 Å². The van der Waals surface area contributed by atoms with Crippen LogP contribution in [-0.4, -0.2) is 40.6 Å². The van der Waals surface area contributed by atoms with Crippen molar-refractivity contribution in [3.05, 3.63) is 81.8 Å². The smallest absolute Gasteiger partial charge is 0.423 e. The van der Waals surface area contributed by atoms with E-state index in [1.54, 1.807) is 31.2 Å². The Kier molecular flexibility index (Phi) is 7.44. The van der Waals surface area contributed by atoms with Gasteiger partial charge in [0.2, 0.25) is 0 Å². The maximum Gasteiger partial charge on any atom is 0.423 e. The van der Waals surface area contributed by atoms with Gasteiger partial charge in [-0.3, -0.25) is 4.79 Å². The first kappa shape index (κ1) is 24.6. The Balaban J connectivity index is 1.78. The molecule has 3 rings (SSSR count). The first-order valence-electron chi connectivity index (χ1n) is 10.1. The molecule has 0 unspecified atom stereocenters. The average Bonchev–Trinajstić information content (AvgIpc) is 2.79. The maximum atomic E-state index is 13.8. The lowest BCUT2D eigenvalue weighted by Gasteiger charge is -2.20. The molecule has 0 amide bonds. The number of benzene rings is 2. The van der Waals surface area contributed by atoms with Crippen molar-refractivity contribution in [3.8, 4) is 11.5 Å². The molecule has 0 aliphatic heterocycles. The molecule has 1 heterocycles. The third-order valence-corrected chi connectivity index (χ3v) is 4.80. The number of carboxylic acids is 1.